The molecule has 1 aliphatic rings. The summed E-state index contributed by atoms with van der Waals surface area (Å²) in [5.74, 6) is -0.999. The van der Waals surface area contributed by atoms with Crippen molar-refractivity contribution in [3.05, 3.63) is 0 Å². The van der Waals surface area contributed by atoms with Crippen molar-refractivity contribution in [2.24, 2.45) is 0 Å². The number of esters is 1. The first-order chi connectivity index (χ1) is 7.89. The number of carbonyl (C=O) groups excluding carboxylic acids is 2. The standard InChI is InChI=1S/C11H19NO5S/c1-10(2,3)17-8(13)6-7-12-9(14)11(4,5)18(12,15)16/h6-7H2,1-5H3. The molecule has 0 aromatic rings. The maximum atomic E-state index is 11.7. The highest BCUT2D eigenvalue weighted by atomic mass is 32.2. The quantitative estimate of drug-likeness (QED) is 0.708. The van der Waals surface area contributed by atoms with Crippen molar-refractivity contribution in [1.82, 2.24) is 4.31 Å². The predicted octanol–water partition coefficient (Wildman–Crippen LogP) is 0.669. The Bertz CT molecular complexity index is 472. The molecule has 0 N–H and O–H groups in total. The summed E-state index contributed by atoms with van der Waals surface area (Å²) >= 11 is 0. The van der Waals surface area contributed by atoms with Crippen LogP contribution in [0.2, 0.25) is 0 Å². The lowest BCUT2D eigenvalue weighted by atomic mass is 10.2. The third-order valence-electron chi connectivity index (χ3n) is 2.62. The average Bonchev–Trinajstić information content (AvgIpc) is 2.13. The van der Waals surface area contributed by atoms with Crippen molar-refractivity contribution >= 4 is 21.9 Å². The number of sulfonamides is 1. The van der Waals surface area contributed by atoms with Gasteiger partial charge in [-0.3, -0.25) is 9.59 Å². The van der Waals surface area contributed by atoms with Crippen LogP contribution in [0.5, 0.6) is 0 Å². The predicted molar refractivity (Wildman–Crippen MR) is 65.2 cm³/mol. The molecule has 0 radical (unpaired) electrons. The van der Waals surface area contributed by atoms with E-state index in [0.29, 0.717) is 0 Å². The highest BCUT2D eigenvalue weighted by molar-refractivity contribution is 7.94. The van der Waals surface area contributed by atoms with E-state index in [9.17, 15) is 18.0 Å². The zero-order chi connectivity index (χ0) is 14.4. The van der Waals surface area contributed by atoms with Gasteiger partial charge in [0.1, 0.15) is 5.60 Å². The van der Waals surface area contributed by atoms with E-state index < -0.39 is 32.2 Å². The van der Waals surface area contributed by atoms with Gasteiger partial charge in [0.15, 0.2) is 4.75 Å². The summed E-state index contributed by atoms with van der Waals surface area (Å²) in [4.78, 5) is 23.0. The van der Waals surface area contributed by atoms with Gasteiger partial charge in [-0.1, -0.05) is 0 Å². The van der Waals surface area contributed by atoms with Crippen LogP contribution in [0.1, 0.15) is 41.0 Å². The fourth-order valence-electron chi connectivity index (χ4n) is 1.56. The van der Waals surface area contributed by atoms with Crippen molar-refractivity contribution in [1.29, 1.82) is 0 Å². The van der Waals surface area contributed by atoms with Crippen LogP contribution in [0.25, 0.3) is 0 Å². The van der Waals surface area contributed by atoms with E-state index >= 15 is 0 Å². The molecule has 1 amide bonds. The monoisotopic (exact) mass is 277 g/mol. The molecule has 0 atom stereocenters. The molecule has 0 unspecified atom stereocenters. The molecule has 1 rings (SSSR count). The van der Waals surface area contributed by atoms with Crippen molar-refractivity contribution in [2.75, 3.05) is 6.54 Å². The Hall–Kier alpha value is -1.11. The maximum Gasteiger partial charge on any atom is 0.308 e. The van der Waals surface area contributed by atoms with Gasteiger partial charge in [-0.25, -0.2) is 12.7 Å². The van der Waals surface area contributed by atoms with Gasteiger partial charge in [0.05, 0.1) is 6.42 Å². The van der Waals surface area contributed by atoms with Gasteiger partial charge in [-0.15, -0.1) is 0 Å². The highest BCUT2D eigenvalue weighted by Gasteiger charge is 2.59. The number of nitrogens with zero attached hydrogens (tertiary/aromatic N) is 1. The van der Waals surface area contributed by atoms with Gasteiger partial charge in [-0.2, -0.15) is 0 Å². The Balaban J connectivity index is 2.58. The summed E-state index contributed by atoms with van der Waals surface area (Å²) in [5, 5.41) is 0. The minimum atomic E-state index is -3.61. The second-order valence-corrected chi connectivity index (χ2v) is 8.14. The lowest BCUT2D eigenvalue weighted by Crippen LogP contribution is -2.67. The van der Waals surface area contributed by atoms with E-state index in [1.807, 2.05) is 0 Å². The molecule has 0 bridgehead atoms. The second kappa shape index (κ2) is 4.22. The molecule has 1 saturated heterocycles. The maximum absolute atomic E-state index is 11.7. The van der Waals surface area contributed by atoms with Gasteiger partial charge in [0.25, 0.3) is 15.9 Å². The first-order valence-corrected chi connectivity index (χ1v) is 7.12. The molecule has 0 saturated carbocycles. The van der Waals surface area contributed by atoms with E-state index in [0.717, 1.165) is 4.31 Å². The van der Waals surface area contributed by atoms with Crippen molar-refractivity contribution in [2.45, 2.75) is 51.4 Å². The summed E-state index contributed by atoms with van der Waals surface area (Å²) < 4.78 is 27.9. The fraction of sp³-hybridized carbons (Fsp3) is 0.818. The van der Waals surface area contributed by atoms with Gasteiger partial charge in [0, 0.05) is 6.54 Å². The second-order valence-electron chi connectivity index (χ2n) is 5.73. The summed E-state index contributed by atoms with van der Waals surface area (Å²) in [5.41, 5.74) is -0.617. The van der Waals surface area contributed by atoms with E-state index in [-0.39, 0.29) is 13.0 Å². The fourth-order valence-corrected chi connectivity index (χ4v) is 3.09. The normalized spacial score (nSPS) is 21.4. The van der Waals surface area contributed by atoms with Crippen LogP contribution >= 0.6 is 0 Å². The molecular formula is C11H19NO5S. The Kier molecular flexibility index (Phi) is 3.51. The number of rotatable bonds is 3. The molecule has 18 heavy (non-hydrogen) atoms. The van der Waals surface area contributed by atoms with Crippen LogP contribution in [0.3, 0.4) is 0 Å². The zero-order valence-corrected chi connectivity index (χ0v) is 12.1. The van der Waals surface area contributed by atoms with Crippen LogP contribution < -0.4 is 0 Å². The topological polar surface area (TPSA) is 80.8 Å². The number of ether oxygens (including phenoxy) is 1. The first kappa shape index (κ1) is 14.9. The van der Waals surface area contributed by atoms with Crippen molar-refractivity contribution in [3.63, 3.8) is 0 Å². The minimum Gasteiger partial charge on any atom is -0.460 e. The van der Waals surface area contributed by atoms with E-state index in [1.54, 1.807) is 20.8 Å². The summed E-state index contributed by atoms with van der Waals surface area (Å²) in [6.07, 6.45) is -0.127. The molecular weight excluding hydrogens is 258 g/mol. The average molecular weight is 277 g/mol. The van der Waals surface area contributed by atoms with Crippen LogP contribution in [-0.4, -0.2) is 41.5 Å². The largest absolute Gasteiger partial charge is 0.460 e. The van der Waals surface area contributed by atoms with Gasteiger partial charge in [0.2, 0.25) is 0 Å². The lowest BCUT2D eigenvalue weighted by Gasteiger charge is -2.42. The number of carbonyl (C=O) groups is 2. The van der Waals surface area contributed by atoms with E-state index in [1.165, 1.54) is 13.8 Å². The molecule has 0 aliphatic carbocycles. The molecule has 1 heterocycles. The molecule has 6 nitrogen and oxygen atoms in total. The third-order valence-corrected chi connectivity index (χ3v) is 5.01. The van der Waals surface area contributed by atoms with E-state index in [2.05, 4.69) is 0 Å². The molecule has 0 spiro atoms. The molecule has 0 aromatic heterocycles. The van der Waals surface area contributed by atoms with Gasteiger partial charge in [-0.05, 0) is 34.6 Å². The van der Waals surface area contributed by atoms with Crippen LogP contribution in [0.4, 0.5) is 0 Å². The molecule has 7 heteroatoms. The zero-order valence-electron chi connectivity index (χ0n) is 11.3. The van der Waals surface area contributed by atoms with Gasteiger partial charge < -0.3 is 4.74 Å². The van der Waals surface area contributed by atoms with Crippen LogP contribution in [-0.2, 0) is 24.3 Å². The SMILES string of the molecule is CC(C)(C)OC(=O)CCN1C(=O)C(C)(C)S1(=O)=O. The Morgan fingerprint density at radius 1 is 1.33 bits per heavy atom. The molecule has 1 fully saturated rings. The van der Waals surface area contributed by atoms with E-state index in [4.69, 9.17) is 4.74 Å². The Morgan fingerprint density at radius 2 is 1.83 bits per heavy atom. The molecule has 104 valence electrons. The molecule has 1 aliphatic heterocycles. The third kappa shape index (κ3) is 2.50. The number of hydrogen-bond donors (Lipinski definition) is 0. The smallest absolute Gasteiger partial charge is 0.308 e. The van der Waals surface area contributed by atoms with Crippen molar-refractivity contribution < 1.29 is 22.7 Å². The Labute approximate surface area is 107 Å². The lowest BCUT2D eigenvalue weighted by molar-refractivity contribution is -0.155. The van der Waals surface area contributed by atoms with Crippen LogP contribution in [0.15, 0.2) is 0 Å². The number of amides is 1. The van der Waals surface area contributed by atoms with Crippen molar-refractivity contribution in [3.8, 4) is 0 Å². The highest BCUT2D eigenvalue weighted by Crippen LogP contribution is 2.34. The summed E-state index contributed by atoms with van der Waals surface area (Å²) in [6, 6.07) is 0. The number of hydrogen-bond acceptors (Lipinski definition) is 5. The summed E-state index contributed by atoms with van der Waals surface area (Å²) in [7, 11) is -3.61. The summed E-state index contributed by atoms with van der Waals surface area (Å²) in [6.45, 7) is 7.72. The van der Waals surface area contributed by atoms with Gasteiger partial charge >= 0.3 is 5.97 Å². The Morgan fingerprint density at radius 3 is 2.22 bits per heavy atom. The minimum absolute atomic E-state index is 0.127. The first-order valence-electron chi connectivity index (χ1n) is 5.68. The van der Waals surface area contributed by atoms with Crippen LogP contribution in [0, 0.1) is 0 Å². The molecule has 0 aromatic carbocycles.